The van der Waals surface area contributed by atoms with Gasteiger partial charge in [-0.05, 0) is 40.2 Å². The highest BCUT2D eigenvalue weighted by atomic mass is 79.9. The lowest BCUT2D eigenvalue weighted by Crippen LogP contribution is -2.11. The number of benzene rings is 2. The van der Waals surface area contributed by atoms with Crippen molar-refractivity contribution >= 4 is 44.7 Å². The van der Waals surface area contributed by atoms with Crippen LogP contribution in [0.5, 0.6) is 11.5 Å². The first-order valence-electron chi connectivity index (χ1n) is 5.31. The van der Waals surface area contributed by atoms with Gasteiger partial charge < -0.3 is 10.5 Å². The summed E-state index contributed by atoms with van der Waals surface area (Å²) in [7, 11) is 0. The number of thiocarbonyl (C=S) groups is 1. The van der Waals surface area contributed by atoms with Gasteiger partial charge in [0.25, 0.3) is 0 Å². The minimum Gasteiger partial charge on any atom is -0.451 e. The molecule has 0 aliphatic heterocycles. The summed E-state index contributed by atoms with van der Waals surface area (Å²) in [6, 6.07) is 7.00. The molecule has 2 nitrogen and oxygen atoms in total. The smallest absolute Gasteiger partial charge is 0.184 e. The summed E-state index contributed by atoms with van der Waals surface area (Å²) in [5.74, 6) is -1.83. The van der Waals surface area contributed by atoms with Gasteiger partial charge in [0.1, 0.15) is 4.99 Å². The summed E-state index contributed by atoms with van der Waals surface area (Å²) in [5, 5.41) is -0.110. The molecule has 104 valence electrons. The quantitative estimate of drug-likeness (QED) is 0.779. The van der Waals surface area contributed by atoms with Gasteiger partial charge in [0.05, 0.1) is 9.50 Å². The van der Waals surface area contributed by atoms with Crippen molar-refractivity contribution in [3.05, 3.63) is 57.0 Å². The zero-order valence-corrected chi connectivity index (χ0v) is 13.0. The molecule has 0 bridgehead atoms. The average molecular weight is 379 g/mol. The second-order valence-corrected chi connectivity index (χ2v) is 5.40. The van der Waals surface area contributed by atoms with E-state index in [4.69, 9.17) is 34.3 Å². The molecule has 0 saturated heterocycles. The van der Waals surface area contributed by atoms with Gasteiger partial charge in [-0.3, -0.25) is 0 Å². The normalized spacial score (nSPS) is 10.4. The summed E-state index contributed by atoms with van der Waals surface area (Å²) in [4.78, 5) is 0.0382. The third-order valence-corrected chi connectivity index (χ3v) is 3.74. The Hall–Kier alpha value is -1.24. The van der Waals surface area contributed by atoms with Crippen LogP contribution in [0.2, 0.25) is 5.02 Å². The van der Waals surface area contributed by atoms with Gasteiger partial charge >= 0.3 is 0 Å². The van der Waals surface area contributed by atoms with Crippen molar-refractivity contribution in [1.82, 2.24) is 0 Å². The minimum absolute atomic E-state index is 0.0382. The molecule has 2 aromatic carbocycles. The lowest BCUT2D eigenvalue weighted by molar-refractivity contribution is 0.413. The van der Waals surface area contributed by atoms with E-state index in [9.17, 15) is 8.78 Å². The Balaban J connectivity index is 2.42. The number of rotatable bonds is 3. The second-order valence-electron chi connectivity index (χ2n) is 3.76. The monoisotopic (exact) mass is 377 g/mol. The Kier molecular flexibility index (Phi) is 4.57. The molecular weight excluding hydrogens is 372 g/mol. The van der Waals surface area contributed by atoms with Crippen LogP contribution >= 0.6 is 39.7 Å². The van der Waals surface area contributed by atoms with Crippen LogP contribution in [0.25, 0.3) is 0 Å². The average Bonchev–Trinajstić information content (AvgIpc) is 2.40. The first-order valence-corrected chi connectivity index (χ1v) is 6.89. The summed E-state index contributed by atoms with van der Waals surface area (Å²) in [6.07, 6.45) is 0. The van der Waals surface area contributed by atoms with E-state index < -0.39 is 11.6 Å². The number of hydrogen-bond acceptors (Lipinski definition) is 2. The first-order chi connectivity index (χ1) is 9.41. The fourth-order valence-corrected chi connectivity index (χ4v) is 2.49. The van der Waals surface area contributed by atoms with Crippen LogP contribution in [0.4, 0.5) is 8.78 Å². The maximum absolute atomic E-state index is 14.1. The summed E-state index contributed by atoms with van der Waals surface area (Å²) < 4.78 is 33.0. The van der Waals surface area contributed by atoms with Crippen LogP contribution in [-0.4, -0.2) is 4.99 Å². The van der Waals surface area contributed by atoms with Crippen LogP contribution in [0, 0.1) is 11.6 Å². The Morgan fingerprint density at radius 1 is 1.15 bits per heavy atom. The van der Waals surface area contributed by atoms with Crippen molar-refractivity contribution in [1.29, 1.82) is 0 Å². The van der Waals surface area contributed by atoms with Gasteiger partial charge in [-0.1, -0.05) is 29.9 Å². The van der Waals surface area contributed by atoms with Crippen molar-refractivity contribution in [3.63, 3.8) is 0 Å². The van der Waals surface area contributed by atoms with E-state index >= 15 is 0 Å². The maximum atomic E-state index is 14.1. The van der Waals surface area contributed by atoms with Crippen molar-refractivity contribution in [2.75, 3.05) is 0 Å². The molecule has 20 heavy (non-hydrogen) atoms. The molecule has 2 aromatic rings. The summed E-state index contributed by atoms with van der Waals surface area (Å²) in [5.41, 5.74) is 5.78. The molecule has 0 spiro atoms. The molecule has 2 rings (SSSR count). The van der Waals surface area contributed by atoms with Crippen LogP contribution in [-0.2, 0) is 0 Å². The van der Waals surface area contributed by atoms with Crippen molar-refractivity contribution < 1.29 is 13.5 Å². The van der Waals surface area contributed by atoms with E-state index in [2.05, 4.69) is 15.9 Å². The van der Waals surface area contributed by atoms with Crippen molar-refractivity contribution in [2.24, 2.45) is 5.73 Å². The van der Waals surface area contributed by atoms with Crippen LogP contribution < -0.4 is 10.5 Å². The first kappa shape index (κ1) is 15.2. The third-order valence-electron chi connectivity index (χ3n) is 2.45. The van der Waals surface area contributed by atoms with Crippen LogP contribution in [0.15, 0.2) is 34.8 Å². The molecule has 0 aliphatic rings. The number of ether oxygens (including phenoxy) is 1. The van der Waals surface area contributed by atoms with Gasteiger partial charge in [-0.25, -0.2) is 8.78 Å². The number of halogens is 4. The highest BCUT2D eigenvalue weighted by Crippen LogP contribution is 2.34. The highest BCUT2D eigenvalue weighted by Gasteiger charge is 2.16. The summed E-state index contributed by atoms with van der Waals surface area (Å²) >= 11 is 13.4. The molecule has 0 aliphatic carbocycles. The molecule has 0 fully saturated rings. The number of hydrogen-bond donors (Lipinski definition) is 1. The molecule has 0 radical (unpaired) electrons. The fourth-order valence-electron chi connectivity index (χ4n) is 1.48. The third kappa shape index (κ3) is 2.92. The van der Waals surface area contributed by atoms with Gasteiger partial charge in [0.15, 0.2) is 23.1 Å². The second kappa shape index (κ2) is 6.03. The predicted molar refractivity (Wildman–Crippen MR) is 81.5 cm³/mol. The van der Waals surface area contributed by atoms with E-state index in [1.165, 1.54) is 30.3 Å². The molecule has 0 amide bonds. The SMILES string of the molecule is NC(=S)c1ccc(Oc2cccc(Cl)c2F)c(F)c1Br. The Morgan fingerprint density at radius 3 is 2.45 bits per heavy atom. The van der Waals surface area contributed by atoms with Gasteiger partial charge in [-0.2, -0.15) is 0 Å². The Labute approximate surface area is 132 Å². The molecule has 0 atom stereocenters. The molecule has 0 saturated carbocycles. The van der Waals surface area contributed by atoms with E-state index in [1.807, 2.05) is 0 Å². The molecular formula is C13H7BrClF2NOS. The maximum Gasteiger partial charge on any atom is 0.184 e. The van der Waals surface area contributed by atoms with Crippen LogP contribution in [0.1, 0.15) is 5.56 Å². The lowest BCUT2D eigenvalue weighted by Gasteiger charge is -2.11. The predicted octanol–water partition coefficient (Wildman–Crippen LogP) is 4.81. The standard InChI is InChI=1S/C13H7BrClF2NOS/c14-10-6(13(18)20)4-5-9(12(10)17)19-8-3-1-2-7(15)11(8)16/h1-5H,(H2,18,20). The highest BCUT2D eigenvalue weighted by molar-refractivity contribution is 9.10. The zero-order chi connectivity index (χ0) is 14.9. The minimum atomic E-state index is -0.761. The largest absolute Gasteiger partial charge is 0.451 e. The molecule has 0 unspecified atom stereocenters. The van der Waals surface area contributed by atoms with E-state index in [0.717, 1.165) is 0 Å². The van der Waals surface area contributed by atoms with Crippen molar-refractivity contribution in [2.45, 2.75) is 0 Å². The zero-order valence-electron chi connectivity index (χ0n) is 9.79. The fraction of sp³-hybridized carbons (Fsp3) is 0. The molecule has 2 N–H and O–H groups in total. The van der Waals surface area contributed by atoms with Gasteiger partial charge in [0.2, 0.25) is 0 Å². The van der Waals surface area contributed by atoms with E-state index in [0.29, 0.717) is 5.56 Å². The molecule has 7 heteroatoms. The Morgan fingerprint density at radius 2 is 1.80 bits per heavy atom. The van der Waals surface area contributed by atoms with E-state index in [-0.39, 0.29) is 26.0 Å². The van der Waals surface area contributed by atoms with Gasteiger partial charge in [0, 0.05) is 5.56 Å². The summed E-state index contributed by atoms with van der Waals surface area (Å²) in [6.45, 7) is 0. The number of nitrogens with two attached hydrogens (primary N) is 1. The van der Waals surface area contributed by atoms with Crippen molar-refractivity contribution in [3.8, 4) is 11.5 Å². The Bertz CT molecular complexity index is 696. The molecule has 0 heterocycles. The van der Waals surface area contributed by atoms with Gasteiger partial charge in [-0.15, -0.1) is 0 Å². The van der Waals surface area contributed by atoms with Crippen LogP contribution in [0.3, 0.4) is 0 Å². The van der Waals surface area contributed by atoms with E-state index in [1.54, 1.807) is 0 Å². The topological polar surface area (TPSA) is 35.2 Å². The molecule has 0 aromatic heterocycles. The lowest BCUT2D eigenvalue weighted by atomic mass is 10.2.